The molecule has 0 aliphatic carbocycles. The molecule has 0 bridgehead atoms. The van der Waals surface area contributed by atoms with E-state index in [1.165, 1.54) is 0 Å². The second-order valence-electron chi connectivity index (χ2n) is 4.87. The van der Waals surface area contributed by atoms with Gasteiger partial charge in [-0.2, -0.15) is 13.2 Å². The molecule has 1 atom stereocenters. The van der Waals surface area contributed by atoms with Gasteiger partial charge in [-0.1, -0.05) is 0 Å². The average Bonchev–Trinajstić information content (AvgIpc) is 2.46. The zero-order valence-corrected chi connectivity index (χ0v) is 10.7. The lowest BCUT2D eigenvalue weighted by Gasteiger charge is -2.31. The van der Waals surface area contributed by atoms with E-state index < -0.39 is 11.9 Å². The number of hydrogen-bond donors (Lipinski definition) is 1. The highest BCUT2D eigenvalue weighted by molar-refractivity contribution is 5.94. The molecule has 1 fully saturated rings. The van der Waals surface area contributed by atoms with Crippen molar-refractivity contribution < 1.29 is 23.1 Å². The lowest BCUT2D eigenvalue weighted by atomic mass is 9.98. The van der Waals surface area contributed by atoms with Crippen molar-refractivity contribution >= 4 is 5.91 Å². The molecule has 110 valence electrons. The predicted molar refractivity (Wildman–Crippen MR) is 65.0 cm³/mol. The van der Waals surface area contributed by atoms with Gasteiger partial charge in [0.2, 0.25) is 0 Å². The molecule has 1 saturated heterocycles. The van der Waals surface area contributed by atoms with Crippen LogP contribution in [0.1, 0.15) is 28.9 Å². The van der Waals surface area contributed by atoms with Gasteiger partial charge in [-0.05, 0) is 30.9 Å². The Hall–Kier alpha value is -1.63. The zero-order valence-electron chi connectivity index (χ0n) is 10.7. The lowest BCUT2D eigenvalue weighted by molar-refractivity contribution is -0.141. The quantitative estimate of drug-likeness (QED) is 0.905. The van der Waals surface area contributed by atoms with Crippen molar-refractivity contribution in [2.24, 2.45) is 5.92 Å². The third-order valence-electron chi connectivity index (χ3n) is 3.37. The number of aromatic nitrogens is 1. The molecule has 4 nitrogen and oxygen atoms in total. The maximum Gasteiger partial charge on any atom is 0.433 e. The molecule has 1 aromatic heterocycles. The van der Waals surface area contributed by atoms with Gasteiger partial charge < -0.3 is 10.0 Å². The van der Waals surface area contributed by atoms with Crippen LogP contribution >= 0.6 is 0 Å². The molecule has 0 spiro atoms. The fourth-order valence-electron chi connectivity index (χ4n) is 2.27. The van der Waals surface area contributed by atoms with Crippen LogP contribution in [0.4, 0.5) is 13.2 Å². The van der Waals surface area contributed by atoms with Crippen LogP contribution in [0.3, 0.4) is 0 Å². The number of halogens is 3. The van der Waals surface area contributed by atoms with Crippen LogP contribution in [0.25, 0.3) is 0 Å². The Morgan fingerprint density at radius 1 is 1.45 bits per heavy atom. The van der Waals surface area contributed by atoms with Gasteiger partial charge >= 0.3 is 6.18 Å². The van der Waals surface area contributed by atoms with E-state index in [2.05, 4.69) is 4.98 Å². The van der Waals surface area contributed by atoms with E-state index in [-0.39, 0.29) is 24.0 Å². The van der Waals surface area contributed by atoms with Crippen molar-refractivity contribution in [3.63, 3.8) is 0 Å². The number of pyridine rings is 1. The molecular formula is C13H15F3N2O2. The van der Waals surface area contributed by atoms with Crippen LogP contribution < -0.4 is 0 Å². The maximum absolute atomic E-state index is 12.4. The molecule has 1 N–H and O–H groups in total. The lowest BCUT2D eigenvalue weighted by Crippen LogP contribution is -2.41. The first-order valence-corrected chi connectivity index (χ1v) is 6.35. The van der Waals surface area contributed by atoms with Crippen LogP contribution in [0.2, 0.25) is 0 Å². The maximum atomic E-state index is 12.4. The van der Waals surface area contributed by atoms with Gasteiger partial charge in [0.25, 0.3) is 5.91 Å². The number of likely N-dealkylation sites (tertiary alicyclic amines) is 1. The summed E-state index contributed by atoms with van der Waals surface area (Å²) < 4.78 is 37.2. The van der Waals surface area contributed by atoms with Crippen molar-refractivity contribution in [3.8, 4) is 0 Å². The van der Waals surface area contributed by atoms with Gasteiger partial charge in [-0.3, -0.25) is 9.78 Å². The van der Waals surface area contributed by atoms with Gasteiger partial charge in [0.05, 0.1) is 5.56 Å². The van der Waals surface area contributed by atoms with Crippen molar-refractivity contribution in [1.82, 2.24) is 9.88 Å². The number of hydrogen-bond acceptors (Lipinski definition) is 3. The summed E-state index contributed by atoms with van der Waals surface area (Å²) in [5.41, 5.74) is -0.877. The molecule has 2 heterocycles. The number of piperidine rings is 1. The minimum atomic E-state index is -4.51. The van der Waals surface area contributed by atoms with Crippen LogP contribution in [0.5, 0.6) is 0 Å². The Morgan fingerprint density at radius 3 is 2.75 bits per heavy atom. The summed E-state index contributed by atoms with van der Waals surface area (Å²) in [4.78, 5) is 17.0. The monoisotopic (exact) mass is 288 g/mol. The van der Waals surface area contributed by atoms with E-state index >= 15 is 0 Å². The third-order valence-corrected chi connectivity index (χ3v) is 3.37. The number of aliphatic hydroxyl groups excluding tert-OH is 1. The summed E-state index contributed by atoms with van der Waals surface area (Å²) in [7, 11) is 0. The van der Waals surface area contributed by atoms with Gasteiger partial charge in [0.15, 0.2) is 0 Å². The van der Waals surface area contributed by atoms with E-state index in [9.17, 15) is 18.0 Å². The first-order chi connectivity index (χ1) is 9.41. The summed E-state index contributed by atoms with van der Waals surface area (Å²) in [6.07, 6.45) is -1.92. The number of alkyl halides is 3. The molecule has 1 unspecified atom stereocenters. The molecule has 2 rings (SSSR count). The summed E-state index contributed by atoms with van der Waals surface area (Å²) in [5, 5.41) is 9.11. The van der Waals surface area contributed by atoms with Crippen LogP contribution in [0.15, 0.2) is 18.3 Å². The highest BCUT2D eigenvalue weighted by atomic mass is 19.4. The zero-order chi connectivity index (χ0) is 14.8. The van der Waals surface area contributed by atoms with Crippen LogP contribution in [0, 0.1) is 5.92 Å². The molecule has 7 heteroatoms. The van der Waals surface area contributed by atoms with Crippen molar-refractivity contribution in [2.75, 3.05) is 19.7 Å². The fraction of sp³-hybridized carbons (Fsp3) is 0.538. The summed E-state index contributed by atoms with van der Waals surface area (Å²) in [5.74, 6) is -0.306. The van der Waals surface area contributed by atoms with Crippen molar-refractivity contribution in [3.05, 3.63) is 29.6 Å². The van der Waals surface area contributed by atoms with E-state index in [1.54, 1.807) is 4.90 Å². The highest BCUT2D eigenvalue weighted by Gasteiger charge is 2.32. The summed E-state index contributed by atoms with van der Waals surface area (Å²) in [6, 6.07) is 1.95. The summed E-state index contributed by atoms with van der Waals surface area (Å²) >= 11 is 0. The second kappa shape index (κ2) is 5.78. The molecule has 0 radical (unpaired) electrons. The molecule has 0 saturated carbocycles. The Labute approximate surface area is 114 Å². The normalized spacial score (nSPS) is 20.0. The van der Waals surface area contributed by atoms with E-state index in [1.807, 2.05) is 0 Å². The smallest absolute Gasteiger partial charge is 0.396 e. The minimum Gasteiger partial charge on any atom is -0.396 e. The Balaban J connectivity index is 2.09. The molecule has 1 aliphatic rings. The van der Waals surface area contributed by atoms with E-state index in [0.717, 1.165) is 31.2 Å². The van der Waals surface area contributed by atoms with Gasteiger partial charge in [0, 0.05) is 25.9 Å². The standard InChI is InChI=1S/C13H15F3N2O2/c14-13(15,16)11-4-3-10(6-17-11)12(20)18-5-1-2-9(7-18)8-19/h3-4,6,9,19H,1-2,5,7-8H2. The van der Waals surface area contributed by atoms with Gasteiger partial charge in [0.1, 0.15) is 5.69 Å². The molecule has 1 amide bonds. The fourth-order valence-corrected chi connectivity index (χ4v) is 2.27. The number of amides is 1. The Morgan fingerprint density at radius 2 is 2.20 bits per heavy atom. The Kier molecular flexibility index (Phi) is 4.27. The topological polar surface area (TPSA) is 53.4 Å². The first-order valence-electron chi connectivity index (χ1n) is 6.35. The summed E-state index contributed by atoms with van der Waals surface area (Å²) in [6.45, 7) is 0.988. The van der Waals surface area contributed by atoms with Crippen molar-refractivity contribution in [2.45, 2.75) is 19.0 Å². The molecule has 20 heavy (non-hydrogen) atoms. The van der Waals surface area contributed by atoms with Gasteiger partial charge in [-0.25, -0.2) is 0 Å². The largest absolute Gasteiger partial charge is 0.433 e. The number of rotatable bonds is 2. The number of carbonyl (C=O) groups excluding carboxylic acids is 1. The molecular weight excluding hydrogens is 273 g/mol. The minimum absolute atomic E-state index is 0.00897. The average molecular weight is 288 g/mol. The predicted octanol–water partition coefficient (Wildman–Crippen LogP) is 1.94. The molecule has 1 aliphatic heterocycles. The van der Waals surface area contributed by atoms with E-state index in [0.29, 0.717) is 13.1 Å². The second-order valence-corrected chi connectivity index (χ2v) is 4.87. The number of nitrogens with zero attached hydrogens (tertiary/aromatic N) is 2. The van der Waals surface area contributed by atoms with Gasteiger partial charge in [-0.15, -0.1) is 0 Å². The van der Waals surface area contributed by atoms with Crippen LogP contribution in [-0.4, -0.2) is 40.6 Å². The van der Waals surface area contributed by atoms with Crippen LogP contribution in [-0.2, 0) is 6.18 Å². The van der Waals surface area contributed by atoms with Crippen molar-refractivity contribution in [1.29, 1.82) is 0 Å². The highest BCUT2D eigenvalue weighted by Crippen LogP contribution is 2.27. The number of carbonyl (C=O) groups is 1. The molecule has 0 aromatic carbocycles. The van der Waals surface area contributed by atoms with E-state index in [4.69, 9.17) is 5.11 Å². The third kappa shape index (κ3) is 3.27. The first kappa shape index (κ1) is 14.8. The SMILES string of the molecule is O=C(c1ccc(C(F)(F)F)nc1)N1CCCC(CO)C1. The number of aliphatic hydroxyl groups is 1. The Bertz CT molecular complexity index is 473. The molecule has 1 aromatic rings.